The summed E-state index contributed by atoms with van der Waals surface area (Å²) in [5.74, 6) is 0.160. The van der Waals surface area contributed by atoms with Crippen LogP contribution in [0.25, 0.3) is 11.1 Å². The number of quaternary nitrogens is 1. The summed E-state index contributed by atoms with van der Waals surface area (Å²) in [6, 6.07) is 17.5. The monoisotopic (exact) mass is 265 g/mol. The zero-order chi connectivity index (χ0) is 13.5. The van der Waals surface area contributed by atoms with E-state index in [9.17, 15) is 4.79 Å². The Morgan fingerprint density at radius 1 is 0.950 bits per heavy atom. The summed E-state index contributed by atoms with van der Waals surface area (Å²) in [6.07, 6.45) is 0. The molecule has 1 aliphatic carbocycles. The van der Waals surface area contributed by atoms with E-state index in [2.05, 4.69) is 53.8 Å². The number of amides is 1. The van der Waals surface area contributed by atoms with Gasteiger partial charge in [-0.05, 0) is 11.1 Å². The Hall–Kier alpha value is -2.13. The van der Waals surface area contributed by atoms with E-state index in [0.717, 1.165) is 13.1 Å². The molecule has 3 nitrogen and oxygen atoms in total. The van der Waals surface area contributed by atoms with Gasteiger partial charge in [0.05, 0.1) is 13.1 Å². The Labute approximate surface area is 118 Å². The van der Waals surface area contributed by atoms with Gasteiger partial charge in [-0.2, -0.15) is 0 Å². The Morgan fingerprint density at radius 2 is 1.55 bits per heavy atom. The first-order valence-corrected chi connectivity index (χ1v) is 7.14. The van der Waals surface area contributed by atoms with E-state index in [1.165, 1.54) is 27.2 Å². The molecule has 4 rings (SSSR count). The molecule has 1 saturated heterocycles. The van der Waals surface area contributed by atoms with E-state index in [4.69, 9.17) is 0 Å². The van der Waals surface area contributed by atoms with Gasteiger partial charge < -0.3 is 10.2 Å². The van der Waals surface area contributed by atoms with Gasteiger partial charge in [0, 0.05) is 11.1 Å². The first-order valence-electron chi connectivity index (χ1n) is 7.14. The Balaban J connectivity index is 1.85. The average molecular weight is 265 g/mol. The van der Waals surface area contributed by atoms with Crippen LogP contribution in [-0.2, 0) is 4.79 Å². The highest BCUT2D eigenvalue weighted by atomic mass is 16.2. The zero-order valence-electron chi connectivity index (χ0n) is 11.2. The lowest BCUT2D eigenvalue weighted by Crippen LogP contribution is -3.15. The lowest BCUT2D eigenvalue weighted by molar-refractivity contribution is -0.918. The van der Waals surface area contributed by atoms with Gasteiger partial charge in [0.15, 0.2) is 6.54 Å². The van der Waals surface area contributed by atoms with Crippen LogP contribution in [0, 0.1) is 0 Å². The normalized spacial score (nSPS) is 21.2. The van der Waals surface area contributed by atoms with Crippen LogP contribution in [0.2, 0.25) is 0 Å². The maximum Gasteiger partial charge on any atom is 0.275 e. The molecule has 0 aromatic heterocycles. The molecule has 1 atom stereocenters. The van der Waals surface area contributed by atoms with Crippen molar-refractivity contribution in [3.05, 3.63) is 59.7 Å². The largest absolute Gasteiger partial charge is 0.346 e. The number of fused-ring (bicyclic) bond motifs is 3. The number of rotatable bonds is 1. The number of hydrogen-bond donors (Lipinski definition) is 2. The van der Waals surface area contributed by atoms with E-state index >= 15 is 0 Å². The molecule has 0 bridgehead atoms. The maximum atomic E-state index is 11.7. The number of nitrogens with one attached hydrogen (secondary N) is 2. The third-order valence-electron chi connectivity index (χ3n) is 4.40. The summed E-state index contributed by atoms with van der Waals surface area (Å²) >= 11 is 0. The topological polar surface area (TPSA) is 33.5 Å². The summed E-state index contributed by atoms with van der Waals surface area (Å²) in [5.41, 5.74) is 5.37. The van der Waals surface area contributed by atoms with Crippen LogP contribution in [0.3, 0.4) is 0 Å². The summed E-state index contributed by atoms with van der Waals surface area (Å²) < 4.78 is 0. The second-order valence-corrected chi connectivity index (χ2v) is 5.54. The fraction of sp³-hybridized carbons (Fsp3) is 0.235. The SMILES string of the molecule is O=C1C[NH+](C2c3ccccc3-c3ccccc32)CCN1. The molecule has 2 aromatic carbocycles. The van der Waals surface area contributed by atoms with Crippen molar-refractivity contribution >= 4 is 5.91 Å². The van der Waals surface area contributed by atoms with Gasteiger partial charge in [-0.1, -0.05) is 48.5 Å². The van der Waals surface area contributed by atoms with E-state index in [0.29, 0.717) is 12.6 Å². The molecule has 1 aliphatic heterocycles. The van der Waals surface area contributed by atoms with Crippen LogP contribution >= 0.6 is 0 Å². The lowest BCUT2D eigenvalue weighted by Gasteiger charge is -2.30. The zero-order valence-corrected chi connectivity index (χ0v) is 11.2. The van der Waals surface area contributed by atoms with Gasteiger partial charge in [0.2, 0.25) is 0 Å². The quantitative estimate of drug-likeness (QED) is 0.784. The number of benzene rings is 2. The van der Waals surface area contributed by atoms with Crippen molar-refractivity contribution in [2.24, 2.45) is 0 Å². The summed E-state index contributed by atoms with van der Waals surface area (Å²) in [5, 5.41) is 2.92. The van der Waals surface area contributed by atoms with E-state index in [1.54, 1.807) is 0 Å². The Kier molecular flexibility index (Phi) is 2.60. The molecular weight excluding hydrogens is 248 g/mol. The fourth-order valence-electron chi connectivity index (χ4n) is 3.56. The molecule has 0 radical (unpaired) electrons. The Morgan fingerprint density at radius 3 is 2.15 bits per heavy atom. The van der Waals surface area contributed by atoms with Crippen LogP contribution in [0.4, 0.5) is 0 Å². The van der Waals surface area contributed by atoms with Gasteiger partial charge in [-0.25, -0.2) is 0 Å². The standard InChI is InChI=1S/C17H16N2O/c20-16-11-19(10-9-18-16)17-14-7-3-1-5-12(14)13-6-2-4-8-15(13)17/h1-8,17H,9-11H2,(H,18,20)/p+1. The van der Waals surface area contributed by atoms with Crippen LogP contribution in [0.5, 0.6) is 0 Å². The minimum atomic E-state index is 0.160. The second-order valence-electron chi connectivity index (χ2n) is 5.54. The predicted molar refractivity (Wildman–Crippen MR) is 77.4 cm³/mol. The van der Waals surface area contributed by atoms with Crippen molar-refractivity contribution in [3.63, 3.8) is 0 Å². The minimum absolute atomic E-state index is 0.160. The highest BCUT2D eigenvalue weighted by molar-refractivity contribution is 5.79. The molecule has 100 valence electrons. The molecule has 0 spiro atoms. The molecule has 1 fully saturated rings. The van der Waals surface area contributed by atoms with Crippen molar-refractivity contribution in [1.29, 1.82) is 0 Å². The number of carbonyl (C=O) groups is 1. The van der Waals surface area contributed by atoms with Crippen molar-refractivity contribution in [1.82, 2.24) is 5.32 Å². The molecule has 20 heavy (non-hydrogen) atoms. The second kappa shape index (κ2) is 4.46. The van der Waals surface area contributed by atoms with E-state index < -0.39 is 0 Å². The molecule has 1 heterocycles. The van der Waals surface area contributed by atoms with Crippen molar-refractivity contribution in [2.75, 3.05) is 19.6 Å². The van der Waals surface area contributed by atoms with Crippen molar-refractivity contribution in [2.45, 2.75) is 6.04 Å². The number of carbonyl (C=O) groups excluding carboxylic acids is 1. The third kappa shape index (κ3) is 1.67. The molecule has 1 unspecified atom stereocenters. The lowest BCUT2D eigenvalue weighted by atomic mass is 10.0. The van der Waals surface area contributed by atoms with E-state index in [-0.39, 0.29) is 5.91 Å². The number of piperazine rings is 1. The fourth-order valence-corrected chi connectivity index (χ4v) is 3.56. The van der Waals surface area contributed by atoms with Gasteiger partial charge in [0.25, 0.3) is 5.91 Å². The first kappa shape index (κ1) is 11.7. The predicted octanol–water partition coefficient (Wildman–Crippen LogP) is 0.771. The molecule has 1 amide bonds. The van der Waals surface area contributed by atoms with Gasteiger partial charge in [-0.15, -0.1) is 0 Å². The van der Waals surface area contributed by atoms with Gasteiger partial charge in [-0.3, -0.25) is 4.79 Å². The van der Waals surface area contributed by atoms with Crippen LogP contribution in [0.15, 0.2) is 48.5 Å². The Bertz CT molecular complexity index is 635. The van der Waals surface area contributed by atoms with Gasteiger partial charge in [0.1, 0.15) is 6.04 Å². The van der Waals surface area contributed by atoms with Crippen LogP contribution in [-0.4, -0.2) is 25.5 Å². The smallest absolute Gasteiger partial charge is 0.275 e. The first-order chi connectivity index (χ1) is 9.84. The summed E-state index contributed by atoms with van der Waals surface area (Å²) in [7, 11) is 0. The maximum absolute atomic E-state index is 11.7. The minimum Gasteiger partial charge on any atom is -0.346 e. The highest BCUT2D eigenvalue weighted by Gasteiger charge is 2.37. The molecule has 2 N–H and O–H groups in total. The highest BCUT2D eigenvalue weighted by Crippen LogP contribution is 2.41. The van der Waals surface area contributed by atoms with E-state index in [1.807, 2.05) is 0 Å². The molecule has 2 aromatic rings. The molecule has 0 saturated carbocycles. The van der Waals surface area contributed by atoms with Gasteiger partial charge >= 0.3 is 0 Å². The van der Waals surface area contributed by atoms with Crippen molar-refractivity contribution < 1.29 is 9.69 Å². The van der Waals surface area contributed by atoms with Crippen LogP contribution < -0.4 is 10.2 Å². The molecule has 2 aliphatic rings. The summed E-state index contributed by atoms with van der Waals surface area (Å²) in [6.45, 7) is 2.32. The molecular formula is C17H17N2O+. The molecule has 3 heteroatoms. The average Bonchev–Trinajstić information content (AvgIpc) is 2.82. The summed E-state index contributed by atoms with van der Waals surface area (Å²) in [4.78, 5) is 13.1. The van der Waals surface area contributed by atoms with Crippen LogP contribution in [0.1, 0.15) is 17.2 Å². The third-order valence-corrected chi connectivity index (χ3v) is 4.40. The number of hydrogen-bond acceptors (Lipinski definition) is 1. The van der Waals surface area contributed by atoms with Crippen molar-refractivity contribution in [3.8, 4) is 11.1 Å².